The molecule has 6 nitrogen and oxygen atoms in total. The van der Waals surface area contributed by atoms with Crippen molar-refractivity contribution in [3.8, 4) is 0 Å². The lowest BCUT2D eigenvalue weighted by molar-refractivity contribution is 0.0691. The molecule has 0 aliphatic rings. The van der Waals surface area contributed by atoms with Gasteiger partial charge >= 0.3 is 5.97 Å². The van der Waals surface area contributed by atoms with Crippen LogP contribution in [0, 0.1) is 0 Å². The van der Waals surface area contributed by atoms with E-state index in [-0.39, 0.29) is 5.69 Å². The minimum absolute atomic E-state index is 0.0579. The van der Waals surface area contributed by atoms with E-state index in [4.69, 9.17) is 5.11 Å². The van der Waals surface area contributed by atoms with Gasteiger partial charge in [-0.2, -0.15) is 0 Å². The van der Waals surface area contributed by atoms with E-state index in [0.717, 1.165) is 12.2 Å². The Balaban J connectivity index is 2.17. The molecule has 2 aromatic heterocycles. The van der Waals surface area contributed by atoms with Gasteiger partial charge in [0.25, 0.3) is 0 Å². The Labute approximate surface area is 92.2 Å². The van der Waals surface area contributed by atoms with Crippen molar-refractivity contribution < 1.29 is 9.90 Å². The van der Waals surface area contributed by atoms with E-state index in [1.165, 1.54) is 12.5 Å². The third-order valence-corrected chi connectivity index (χ3v) is 2.34. The number of aromatic nitrogens is 4. The summed E-state index contributed by atoms with van der Waals surface area (Å²) in [5.74, 6) is -1.01. The SMILES string of the molecule is CCn1cncc1Cn1cnc(C(=O)O)c1. The van der Waals surface area contributed by atoms with Crippen molar-refractivity contribution in [2.45, 2.75) is 20.0 Å². The Hall–Kier alpha value is -2.11. The average Bonchev–Trinajstić information content (AvgIpc) is 2.87. The molecule has 0 fully saturated rings. The smallest absolute Gasteiger partial charge is 0.356 e. The minimum Gasteiger partial charge on any atom is -0.476 e. The molecule has 0 spiro atoms. The summed E-state index contributed by atoms with van der Waals surface area (Å²) in [5, 5.41) is 8.73. The maximum Gasteiger partial charge on any atom is 0.356 e. The summed E-state index contributed by atoms with van der Waals surface area (Å²) in [7, 11) is 0. The van der Waals surface area contributed by atoms with Crippen molar-refractivity contribution in [3.63, 3.8) is 0 Å². The van der Waals surface area contributed by atoms with Crippen molar-refractivity contribution >= 4 is 5.97 Å². The first-order valence-corrected chi connectivity index (χ1v) is 4.94. The molecule has 0 aromatic carbocycles. The lowest BCUT2D eigenvalue weighted by atomic mass is 10.4. The molecule has 0 aliphatic carbocycles. The Morgan fingerprint density at radius 3 is 2.94 bits per heavy atom. The molecule has 2 rings (SSSR count). The lowest BCUT2D eigenvalue weighted by Crippen LogP contribution is -2.04. The highest BCUT2D eigenvalue weighted by molar-refractivity contribution is 5.84. The third kappa shape index (κ3) is 1.95. The number of imidazole rings is 2. The van der Waals surface area contributed by atoms with Gasteiger partial charge in [-0.15, -0.1) is 0 Å². The fourth-order valence-corrected chi connectivity index (χ4v) is 1.51. The highest BCUT2D eigenvalue weighted by Gasteiger charge is 2.07. The second kappa shape index (κ2) is 4.18. The van der Waals surface area contributed by atoms with Crippen LogP contribution in [-0.4, -0.2) is 30.2 Å². The largest absolute Gasteiger partial charge is 0.476 e. The fourth-order valence-electron chi connectivity index (χ4n) is 1.51. The molecule has 0 bridgehead atoms. The van der Waals surface area contributed by atoms with Gasteiger partial charge in [-0.05, 0) is 6.92 Å². The van der Waals surface area contributed by atoms with Gasteiger partial charge in [0.2, 0.25) is 0 Å². The summed E-state index contributed by atoms with van der Waals surface area (Å²) in [4.78, 5) is 18.5. The molecule has 0 unspecified atom stereocenters. The molecule has 0 saturated heterocycles. The Morgan fingerprint density at radius 2 is 2.31 bits per heavy atom. The van der Waals surface area contributed by atoms with Gasteiger partial charge in [0.1, 0.15) is 0 Å². The normalized spacial score (nSPS) is 10.6. The molecule has 2 heterocycles. The molecule has 0 amide bonds. The molecule has 0 atom stereocenters. The zero-order chi connectivity index (χ0) is 11.5. The zero-order valence-electron chi connectivity index (χ0n) is 8.87. The Morgan fingerprint density at radius 1 is 1.50 bits per heavy atom. The first kappa shape index (κ1) is 10.4. The van der Waals surface area contributed by atoms with Gasteiger partial charge in [-0.25, -0.2) is 14.8 Å². The van der Waals surface area contributed by atoms with Crippen LogP contribution < -0.4 is 0 Å². The number of aromatic carboxylic acids is 1. The highest BCUT2D eigenvalue weighted by atomic mass is 16.4. The molecule has 6 heteroatoms. The quantitative estimate of drug-likeness (QED) is 0.828. The van der Waals surface area contributed by atoms with E-state index in [2.05, 4.69) is 9.97 Å². The van der Waals surface area contributed by atoms with Gasteiger partial charge in [-0.3, -0.25) is 0 Å². The minimum atomic E-state index is -1.01. The summed E-state index contributed by atoms with van der Waals surface area (Å²) in [5.41, 5.74) is 1.08. The average molecular weight is 220 g/mol. The summed E-state index contributed by atoms with van der Waals surface area (Å²) in [6, 6.07) is 0. The van der Waals surface area contributed by atoms with Gasteiger partial charge in [-0.1, -0.05) is 0 Å². The predicted molar refractivity (Wildman–Crippen MR) is 56.2 cm³/mol. The van der Waals surface area contributed by atoms with E-state index < -0.39 is 5.97 Å². The molecule has 0 radical (unpaired) electrons. The molecule has 84 valence electrons. The molecule has 16 heavy (non-hydrogen) atoms. The van der Waals surface area contributed by atoms with Crippen molar-refractivity contribution in [2.75, 3.05) is 0 Å². The maximum absolute atomic E-state index is 10.6. The zero-order valence-corrected chi connectivity index (χ0v) is 8.87. The topological polar surface area (TPSA) is 72.9 Å². The van der Waals surface area contributed by atoms with Gasteiger partial charge in [0, 0.05) is 18.9 Å². The van der Waals surface area contributed by atoms with Crippen LogP contribution in [-0.2, 0) is 13.1 Å². The number of carboxylic acid groups (broad SMARTS) is 1. The standard InChI is InChI=1S/C10H12N4O2/c1-2-14-6-11-3-8(14)4-13-5-9(10(15)16)12-7-13/h3,5-7H,2,4H2,1H3,(H,15,16). The second-order valence-corrected chi connectivity index (χ2v) is 3.41. The van der Waals surface area contributed by atoms with Crippen LogP contribution in [0.15, 0.2) is 25.0 Å². The number of hydrogen-bond donors (Lipinski definition) is 1. The van der Waals surface area contributed by atoms with E-state index in [1.807, 2.05) is 11.5 Å². The number of rotatable bonds is 4. The van der Waals surface area contributed by atoms with E-state index in [1.54, 1.807) is 17.1 Å². The van der Waals surface area contributed by atoms with Crippen LogP contribution in [0.2, 0.25) is 0 Å². The van der Waals surface area contributed by atoms with Crippen LogP contribution in [0.25, 0.3) is 0 Å². The molecule has 0 saturated carbocycles. The van der Waals surface area contributed by atoms with Crippen LogP contribution in [0.1, 0.15) is 23.1 Å². The van der Waals surface area contributed by atoms with Gasteiger partial charge in [0.15, 0.2) is 5.69 Å². The second-order valence-electron chi connectivity index (χ2n) is 3.41. The highest BCUT2D eigenvalue weighted by Crippen LogP contribution is 2.04. The Bertz CT molecular complexity index is 500. The van der Waals surface area contributed by atoms with Crippen molar-refractivity contribution in [1.82, 2.24) is 19.1 Å². The van der Waals surface area contributed by atoms with Gasteiger partial charge < -0.3 is 14.2 Å². The molecular formula is C10H12N4O2. The number of hydrogen-bond acceptors (Lipinski definition) is 3. The summed E-state index contributed by atoms with van der Waals surface area (Å²) >= 11 is 0. The first-order chi connectivity index (χ1) is 7.70. The summed E-state index contributed by atoms with van der Waals surface area (Å²) in [6.45, 7) is 3.45. The number of carbonyl (C=O) groups is 1. The Kier molecular flexibility index (Phi) is 2.72. The van der Waals surface area contributed by atoms with Crippen LogP contribution in [0.4, 0.5) is 0 Å². The maximum atomic E-state index is 10.6. The molecule has 0 aliphatic heterocycles. The van der Waals surface area contributed by atoms with Crippen molar-refractivity contribution in [2.24, 2.45) is 0 Å². The lowest BCUT2D eigenvalue weighted by Gasteiger charge is -2.04. The van der Waals surface area contributed by atoms with E-state index in [0.29, 0.717) is 6.54 Å². The van der Waals surface area contributed by atoms with E-state index in [9.17, 15) is 4.79 Å². The van der Waals surface area contributed by atoms with Crippen LogP contribution >= 0.6 is 0 Å². The van der Waals surface area contributed by atoms with Gasteiger partial charge in [0.05, 0.1) is 24.9 Å². The summed E-state index contributed by atoms with van der Waals surface area (Å²) < 4.78 is 3.73. The molecular weight excluding hydrogens is 208 g/mol. The van der Waals surface area contributed by atoms with Crippen molar-refractivity contribution in [3.05, 3.63) is 36.4 Å². The molecule has 1 N–H and O–H groups in total. The van der Waals surface area contributed by atoms with Crippen molar-refractivity contribution in [1.29, 1.82) is 0 Å². The predicted octanol–water partition coefficient (Wildman–Crippen LogP) is 0.846. The van der Waals surface area contributed by atoms with Crippen LogP contribution in [0.3, 0.4) is 0 Å². The number of nitrogens with zero attached hydrogens (tertiary/aromatic N) is 4. The number of aryl methyl sites for hydroxylation is 1. The summed E-state index contributed by atoms with van der Waals surface area (Å²) in [6.07, 6.45) is 6.54. The van der Waals surface area contributed by atoms with E-state index >= 15 is 0 Å². The third-order valence-electron chi connectivity index (χ3n) is 2.34. The molecule has 2 aromatic rings. The fraction of sp³-hybridized carbons (Fsp3) is 0.300. The van der Waals surface area contributed by atoms with Crippen LogP contribution in [0.5, 0.6) is 0 Å². The first-order valence-electron chi connectivity index (χ1n) is 4.94. The number of carboxylic acids is 1. The monoisotopic (exact) mass is 220 g/mol.